The maximum Gasteiger partial charge on any atom is 0.222 e. The summed E-state index contributed by atoms with van der Waals surface area (Å²) in [5.74, 6) is 0.301. The number of nitrogens with zero attached hydrogens (tertiary/aromatic N) is 2. The van der Waals surface area contributed by atoms with E-state index in [1.54, 1.807) is 0 Å². The zero-order chi connectivity index (χ0) is 16.4. The summed E-state index contributed by atoms with van der Waals surface area (Å²) in [7, 11) is 0. The van der Waals surface area contributed by atoms with E-state index < -0.39 is 0 Å². The molecule has 1 amide bonds. The molecule has 2 saturated heterocycles. The van der Waals surface area contributed by atoms with Crippen LogP contribution in [0.2, 0.25) is 10.0 Å². The molecule has 0 saturated carbocycles. The van der Waals surface area contributed by atoms with Crippen LogP contribution >= 0.6 is 23.2 Å². The maximum atomic E-state index is 12.1. The van der Waals surface area contributed by atoms with E-state index in [4.69, 9.17) is 23.2 Å². The van der Waals surface area contributed by atoms with Gasteiger partial charge < -0.3 is 4.90 Å². The van der Waals surface area contributed by atoms with Crippen LogP contribution in [0.3, 0.4) is 0 Å². The van der Waals surface area contributed by atoms with E-state index >= 15 is 0 Å². The molecule has 2 fully saturated rings. The molecule has 0 aromatic heterocycles. The van der Waals surface area contributed by atoms with Gasteiger partial charge >= 0.3 is 0 Å². The van der Waals surface area contributed by atoms with Gasteiger partial charge in [0, 0.05) is 53.7 Å². The zero-order valence-electron chi connectivity index (χ0n) is 13.3. The number of piperazine rings is 1. The largest absolute Gasteiger partial charge is 0.334 e. The molecule has 0 radical (unpaired) electrons. The molecular weight excluding hydrogens is 331 g/mol. The second-order valence-corrected chi connectivity index (χ2v) is 7.11. The fraction of sp³-hybridized carbons (Fsp3) is 0.500. The lowest BCUT2D eigenvalue weighted by atomic mass is 10.1. The third-order valence-corrected chi connectivity index (χ3v) is 5.46. The molecular formula is C18H22Cl2N2O. The van der Waals surface area contributed by atoms with Gasteiger partial charge in [-0.1, -0.05) is 48.3 Å². The lowest BCUT2D eigenvalue weighted by Crippen LogP contribution is -2.55. The molecule has 23 heavy (non-hydrogen) atoms. The molecule has 2 heterocycles. The minimum absolute atomic E-state index is 0.301. The summed E-state index contributed by atoms with van der Waals surface area (Å²) in [5.41, 5.74) is 0.874. The maximum absolute atomic E-state index is 12.1. The Morgan fingerprint density at radius 1 is 1.22 bits per heavy atom. The van der Waals surface area contributed by atoms with E-state index in [0.29, 0.717) is 34.5 Å². The van der Waals surface area contributed by atoms with Gasteiger partial charge in [-0.3, -0.25) is 9.69 Å². The van der Waals surface area contributed by atoms with Gasteiger partial charge in [0.15, 0.2) is 0 Å². The van der Waals surface area contributed by atoms with Gasteiger partial charge in [0.1, 0.15) is 0 Å². The quantitative estimate of drug-likeness (QED) is 0.814. The van der Waals surface area contributed by atoms with E-state index in [1.807, 2.05) is 31.2 Å². The third-order valence-electron chi connectivity index (χ3n) is 4.80. The molecule has 2 aliphatic heterocycles. The molecule has 2 unspecified atom stereocenters. The van der Waals surface area contributed by atoms with Crippen LogP contribution in [0.1, 0.15) is 31.7 Å². The average molecular weight is 353 g/mol. The van der Waals surface area contributed by atoms with Crippen LogP contribution < -0.4 is 0 Å². The van der Waals surface area contributed by atoms with E-state index in [0.717, 1.165) is 38.0 Å². The van der Waals surface area contributed by atoms with E-state index in [1.165, 1.54) is 0 Å². The Labute approximate surface area is 147 Å². The molecule has 124 valence electrons. The van der Waals surface area contributed by atoms with Gasteiger partial charge in [-0.05, 0) is 25.0 Å². The predicted molar refractivity (Wildman–Crippen MR) is 95.9 cm³/mol. The first-order valence-electron chi connectivity index (χ1n) is 8.24. The van der Waals surface area contributed by atoms with Crippen LogP contribution in [-0.4, -0.2) is 47.4 Å². The second kappa shape index (κ2) is 7.25. The SMILES string of the molecule is CCC(=O)N1C2CCC1CN(C/C=C/c1c(Cl)cccc1Cl)C2. The normalized spacial score (nSPS) is 24.6. The van der Waals surface area contributed by atoms with Crippen LogP contribution in [0.25, 0.3) is 6.08 Å². The van der Waals surface area contributed by atoms with Gasteiger partial charge in [-0.25, -0.2) is 0 Å². The fourth-order valence-corrected chi connectivity index (χ4v) is 4.24. The molecule has 2 bridgehead atoms. The number of likely N-dealkylation sites (tertiary alicyclic amines) is 1. The number of amides is 1. The molecule has 3 rings (SSSR count). The second-order valence-electron chi connectivity index (χ2n) is 6.30. The molecule has 2 atom stereocenters. The molecule has 0 N–H and O–H groups in total. The number of benzene rings is 1. The average Bonchev–Trinajstić information content (AvgIpc) is 2.80. The number of rotatable bonds is 4. The Morgan fingerprint density at radius 2 is 1.83 bits per heavy atom. The van der Waals surface area contributed by atoms with Crippen molar-refractivity contribution in [3.8, 4) is 0 Å². The number of hydrogen-bond donors (Lipinski definition) is 0. The molecule has 3 nitrogen and oxygen atoms in total. The van der Waals surface area contributed by atoms with Crippen molar-refractivity contribution in [1.29, 1.82) is 0 Å². The summed E-state index contributed by atoms with van der Waals surface area (Å²) < 4.78 is 0. The van der Waals surface area contributed by atoms with E-state index in [2.05, 4.69) is 15.9 Å². The van der Waals surface area contributed by atoms with Crippen molar-refractivity contribution in [2.75, 3.05) is 19.6 Å². The van der Waals surface area contributed by atoms with E-state index in [-0.39, 0.29) is 0 Å². The highest BCUT2D eigenvalue weighted by atomic mass is 35.5. The Bertz CT molecular complexity index is 583. The van der Waals surface area contributed by atoms with Crippen molar-refractivity contribution >= 4 is 35.2 Å². The zero-order valence-corrected chi connectivity index (χ0v) is 14.9. The van der Waals surface area contributed by atoms with Crippen LogP contribution in [0.5, 0.6) is 0 Å². The van der Waals surface area contributed by atoms with Gasteiger partial charge in [-0.15, -0.1) is 0 Å². The molecule has 5 heteroatoms. The van der Waals surface area contributed by atoms with Gasteiger partial charge in [0.05, 0.1) is 0 Å². The number of carbonyl (C=O) groups excluding carboxylic acids is 1. The monoisotopic (exact) mass is 352 g/mol. The van der Waals surface area contributed by atoms with Crippen LogP contribution in [-0.2, 0) is 4.79 Å². The van der Waals surface area contributed by atoms with Crippen molar-refractivity contribution in [2.24, 2.45) is 0 Å². The summed E-state index contributed by atoms with van der Waals surface area (Å²) in [5, 5.41) is 1.35. The van der Waals surface area contributed by atoms with Crippen molar-refractivity contribution in [3.05, 3.63) is 39.9 Å². The van der Waals surface area contributed by atoms with Crippen molar-refractivity contribution < 1.29 is 4.79 Å². The lowest BCUT2D eigenvalue weighted by Gasteiger charge is -2.40. The summed E-state index contributed by atoms with van der Waals surface area (Å²) in [6, 6.07) is 6.33. The molecule has 1 aromatic carbocycles. The Kier molecular flexibility index (Phi) is 5.30. The topological polar surface area (TPSA) is 23.6 Å². The summed E-state index contributed by atoms with van der Waals surface area (Å²) in [6.07, 6.45) is 6.98. The number of hydrogen-bond acceptors (Lipinski definition) is 2. The summed E-state index contributed by atoms with van der Waals surface area (Å²) in [4.78, 5) is 16.6. The predicted octanol–water partition coefficient (Wildman–Crippen LogP) is 4.09. The van der Waals surface area contributed by atoms with Crippen molar-refractivity contribution in [2.45, 2.75) is 38.3 Å². The molecule has 0 aliphatic carbocycles. The van der Waals surface area contributed by atoms with E-state index in [9.17, 15) is 4.79 Å². The number of carbonyl (C=O) groups is 1. The minimum Gasteiger partial charge on any atom is -0.334 e. The van der Waals surface area contributed by atoms with Crippen molar-refractivity contribution in [3.63, 3.8) is 0 Å². The molecule has 2 aliphatic rings. The highest BCUT2D eigenvalue weighted by Crippen LogP contribution is 2.31. The first kappa shape index (κ1) is 16.8. The molecule has 0 spiro atoms. The first-order valence-corrected chi connectivity index (χ1v) is 8.99. The van der Waals surface area contributed by atoms with Crippen LogP contribution in [0, 0.1) is 0 Å². The number of fused-ring (bicyclic) bond motifs is 2. The lowest BCUT2D eigenvalue weighted by molar-refractivity contribution is -0.136. The Balaban J connectivity index is 1.61. The highest BCUT2D eigenvalue weighted by Gasteiger charge is 2.41. The van der Waals surface area contributed by atoms with Gasteiger partial charge in [-0.2, -0.15) is 0 Å². The van der Waals surface area contributed by atoms with Crippen molar-refractivity contribution in [1.82, 2.24) is 9.80 Å². The molecule has 1 aromatic rings. The minimum atomic E-state index is 0.301. The van der Waals surface area contributed by atoms with Crippen LogP contribution in [0.4, 0.5) is 0 Å². The standard InChI is InChI=1S/C18H22Cl2N2O/c1-2-18(23)22-13-8-9-14(22)12-21(11-13)10-4-5-15-16(19)6-3-7-17(15)20/h3-7,13-14H,2,8-12H2,1H3/b5-4+. The third kappa shape index (κ3) is 3.57. The van der Waals surface area contributed by atoms with Gasteiger partial charge in [0.2, 0.25) is 5.91 Å². The summed E-state index contributed by atoms with van der Waals surface area (Å²) in [6.45, 7) is 4.73. The summed E-state index contributed by atoms with van der Waals surface area (Å²) >= 11 is 12.4. The van der Waals surface area contributed by atoms with Crippen LogP contribution in [0.15, 0.2) is 24.3 Å². The Morgan fingerprint density at radius 3 is 2.39 bits per heavy atom. The smallest absolute Gasteiger partial charge is 0.222 e. The van der Waals surface area contributed by atoms with Gasteiger partial charge in [0.25, 0.3) is 0 Å². The first-order chi connectivity index (χ1) is 11.1. The fourth-order valence-electron chi connectivity index (χ4n) is 3.72. The Hall–Kier alpha value is -1.03. The highest BCUT2D eigenvalue weighted by molar-refractivity contribution is 6.37. The number of halogens is 2.